The van der Waals surface area contributed by atoms with Crippen molar-refractivity contribution in [2.75, 3.05) is 31.9 Å². The van der Waals surface area contributed by atoms with E-state index in [0.29, 0.717) is 36.9 Å². The van der Waals surface area contributed by atoms with Crippen molar-refractivity contribution in [1.82, 2.24) is 29.3 Å². The number of carbonyl (C=O) groups is 1. The molecule has 0 saturated carbocycles. The fraction of sp³-hybridized carbons (Fsp3) is 0.562. The van der Waals surface area contributed by atoms with Gasteiger partial charge < -0.3 is 9.42 Å². The Hall–Kier alpha value is -2.40. The highest BCUT2D eigenvalue weighted by atomic mass is 32.2. The summed E-state index contributed by atoms with van der Waals surface area (Å²) in [4.78, 5) is 26.4. The standard InChI is InChI=1S/C16H20N6O4S/c1-3-27(24,25)22-6-13(14-19-11(2)20-26-14)16(9-22)7-21(8-16)15(23)12-4-17-10-18-5-12/h4-5,10,13H,3,6-9H2,1-2H3. The van der Waals surface area contributed by atoms with E-state index in [0.717, 1.165) is 0 Å². The van der Waals surface area contributed by atoms with Crippen LogP contribution in [0.25, 0.3) is 0 Å². The van der Waals surface area contributed by atoms with Gasteiger partial charge in [-0.2, -0.15) is 4.98 Å². The van der Waals surface area contributed by atoms with Crippen molar-refractivity contribution in [3.8, 4) is 0 Å². The van der Waals surface area contributed by atoms with Gasteiger partial charge in [0.05, 0.1) is 17.2 Å². The number of rotatable bonds is 4. The maximum absolute atomic E-state index is 12.6. The third-order valence-corrected chi connectivity index (χ3v) is 7.12. The van der Waals surface area contributed by atoms with Gasteiger partial charge in [-0.25, -0.2) is 22.7 Å². The number of hydrogen-bond acceptors (Lipinski definition) is 8. The van der Waals surface area contributed by atoms with Crippen LogP contribution in [0.1, 0.15) is 34.9 Å². The number of likely N-dealkylation sites (tertiary alicyclic amines) is 1. The fourth-order valence-corrected chi connectivity index (χ4v) is 5.08. The van der Waals surface area contributed by atoms with Crippen molar-refractivity contribution in [3.63, 3.8) is 0 Å². The summed E-state index contributed by atoms with van der Waals surface area (Å²) in [7, 11) is -3.35. The fourth-order valence-electron chi connectivity index (χ4n) is 3.88. The van der Waals surface area contributed by atoms with Crippen LogP contribution in [0.4, 0.5) is 0 Å². The van der Waals surface area contributed by atoms with Gasteiger partial charge in [0, 0.05) is 44.0 Å². The second kappa shape index (κ2) is 6.34. The topological polar surface area (TPSA) is 122 Å². The van der Waals surface area contributed by atoms with E-state index < -0.39 is 15.4 Å². The van der Waals surface area contributed by atoms with Crippen molar-refractivity contribution < 1.29 is 17.7 Å². The molecular formula is C16H20N6O4S. The summed E-state index contributed by atoms with van der Waals surface area (Å²) in [6.07, 6.45) is 4.32. The first-order valence-electron chi connectivity index (χ1n) is 8.67. The van der Waals surface area contributed by atoms with Crippen LogP contribution in [0.2, 0.25) is 0 Å². The molecule has 0 radical (unpaired) electrons. The minimum atomic E-state index is -3.35. The van der Waals surface area contributed by atoms with E-state index in [1.807, 2.05) is 0 Å². The van der Waals surface area contributed by atoms with Crippen molar-refractivity contribution in [1.29, 1.82) is 0 Å². The number of aryl methyl sites for hydroxylation is 1. The Morgan fingerprint density at radius 2 is 2.00 bits per heavy atom. The lowest BCUT2D eigenvalue weighted by molar-refractivity contribution is 0.00124. The second-order valence-corrected chi connectivity index (χ2v) is 9.33. The third-order valence-electron chi connectivity index (χ3n) is 5.32. The van der Waals surface area contributed by atoms with Gasteiger partial charge in [-0.15, -0.1) is 0 Å². The molecule has 27 heavy (non-hydrogen) atoms. The van der Waals surface area contributed by atoms with Crippen LogP contribution >= 0.6 is 0 Å². The lowest BCUT2D eigenvalue weighted by atomic mass is 9.71. The number of amides is 1. The lowest BCUT2D eigenvalue weighted by Gasteiger charge is -2.50. The molecule has 2 saturated heterocycles. The molecule has 4 heterocycles. The number of nitrogens with zero attached hydrogens (tertiary/aromatic N) is 6. The molecule has 0 aliphatic carbocycles. The van der Waals surface area contributed by atoms with Crippen LogP contribution in [0, 0.1) is 12.3 Å². The molecule has 1 unspecified atom stereocenters. The Labute approximate surface area is 156 Å². The highest BCUT2D eigenvalue weighted by molar-refractivity contribution is 7.89. The highest BCUT2D eigenvalue weighted by Gasteiger charge is 2.59. The van der Waals surface area contributed by atoms with Gasteiger partial charge in [-0.1, -0.05) is 5.16 Å². The van der Waals surface area contributed by atoms with Crippen LogP contribution in [0.15, 0.2) is 23.2 Å². The molecule has 4 rings (SSSR count). The average Bonchev–Trinajstić information content (AvgIpc) is 3.24. The van der Waals surface area contributed by atoms with Gasteiger partial charge in [0.1, 0.15) is 6.33 Å². The summed E-state index contributed by atoms with van der Waals surface area (Å²) in [6.45, 7) is 4.81. The van der Waals surface area contributed by atoms with Crippen molar-refractivity contribution in [2.45, 2.75) is 19.8 Å². The Morgan fingerprint density at radius 1 is 1.30 bits per heavy atom. The van der Waals surface area contributed by atoms with E-state index in [-0.39, 0.29) is 24.1 Å². The molecule has 0 aromatic carbocycles. The summed E-state index contributed by atoms with van der Waals surface area (Å²) in [6, 6.07) is 0. The van der Waals surface area contributed by atoms with Crippen LogP contribution in [-0.2, 0) is 10.0 Å². The van der Waals surface area contributed by atoms with E-state index in [9.17, 15) is 13.2 Å². The summed E-state index contributed by atoms with van der Waals surface area (Å²) >= 11 is 0. The Bertz CT molecular complexity index is 954. The van der Waals surface area contributed by atoms with Gasteiger partial charge >= 0.3 is 0 Å². The van der Waals surface area contributed by atoms with E-state index in [1.165, 1.54) is 23.0 Å². The first kappa shape index (κ1) is 18.0. The summed E-state index contributed by atoms with van der Waals surface area (Å²) in [5.74, 6) is 0.555. The quantitative estimate of drug-likeness (QED) is 0.716. The molecule has 1 atom stereocenters. The zero-order valence-electron chi connectivity index (χ0n) is 15.1. The van der Waals surface area contributed by atoms with E-state index in [4.69, 9.17) is 4.52 Å². The molecule has 1 spiro atoms. The molecule has 2 fully saturated rings. The molecule has 1 amide bonds. The molecule has 0 bridgehead atoms. The summed E-state index contributed by atoms with van der Waals surface area (Å²) < 4.78 is 31.6. The number of hydrogen-bond donors (Lipinski definition) is 0. The van der Waals surface area contributed by atoms with Gasteiger partial charge in [0.15, 0.2) is 5.82 Å². The Balaban J connectivity index is 1.59. The van der Waals surface area contributed by atoms with Gasteiger partial charge in [-0.05, 0) is 13.8 Å². The minimum absolute atomic E-state index is 0.0304. The maximum Gasteiger partial charge on any atom is 0.257 e. The Kier molecular flexibility index (Phi) is 4.22. The van der Waals surface area contributed by atoms with E-state index in [1.54, 1.807) is 18.7 Å². The molecule has 2 aromatic heterocycles. The summed E-state index contributed by atoms with van der Waals surface area (Å²) in [5, 5.41) is 3.84. The van der Waals surface area contributed by atoms with Gasteiger partial charge in [0.25, 0.3) is 5.91 Å². The van der Waals surface area contributed by atoms with Crippen LogP contribution in [0.5, 0.6) is 0 Å². The smallest absolute Gasteiger partial charge is 0.257 e. The van der Waals surface area contributed by atoms with Crippen LogP contribution < -0.4 is 0 Å². The second-order valence-electron chi connectivity index (χ2n) is 7.08. The molecule has 10 nitrogen and oxygen atoms in total. The van der Waals surface area contributed by atoms with Crippen molar-refractivity contribution in [2.24, 2.45) is 5.41 Å². The van der Waals surface area contributed by atoms with E-state index in [2.05, 4.69) is 20.1 Å². The molecule has 0 N–H and O–H groups in total. The Morgan fingerprint density at radius 3 is 2.59 bits per heavy atom. The normalized spacial score (nSPS) is 22.1. The van der Waals surface area contributed by atoms with E-state index >= 15 is 0 Å². The SMILES string of the molecule is CCS(=O)(=O)N1CC(c2nc(C)no2)C2(CN(C(=O)c3cncnc3)C2)C1. The lowest BCUT2D eigenvalue weighted by Crippen LogP contribution is -2.61. The molecular weight excluding hydrogens is 372 g/mol. The molecule has 2 aromatic rings. The monoisotopic (exact) mass is 392 g/mol. The predicted octanol–water partition coefficient (Wildman–Crippen LogP) is 0.0593. The number of carbonyl (C=O) groups excluding carboxylic acids is 1. The van der Waals surface area contributed by atoms with Crippen molar-refractivity contribution >= 4 is 15.9 Å². The first-order chi connectivity index (χ1) is 12.8. The molecule has 2 aliphatic heterocycles. The largest absolute Gasteiger partial charge is 0.339 e. The highest BCUT2D eigenvalue weighted by Crippen LogP contribution is 2.49. The van der Waals surface area contributed by atoms with Crippen molar-refractivity contribution in [3.05, 3.63) is 36.0 Å². The van der Waals surface area contributed by atoms with Gasteiger partial charge in [0.2, 0.25) is 15.9 Å². The zero-order valence-corrected chi connectivity index (χ0v) is 15.9. The minimum Gasteiger partial charge on any atom is -0.339 e. The molecule has 144 valence electrons. The number of aromatic nitrogens is 4. The zero-order chi connectivity index (χ0) is 19.2. The predicted molar refractivity (Wildman–Crippen MR) is 93.2 cm³/mol. The van der Waals surface area contributed by atoms with Gasteiger partial charge in [-0.3, -0.25) is 4.79 Å². The molecule has 2 aliphatic rings. The maximum atomic E-state index is 12.6. The van der Waals surface area contributed by atoms with Crippen LogP contribution in [0.3, 0.4) is 0 Å². The summed E-state index contributed by atoms with van der Waals surface area (Å²) in [5.41, 5.74) is -0.0134. The first-order valence-corrected chi connectivity index (χ1v) is 10.3. The molecule has 11 heteroatoms. The third kappa shape index (κ3) is 3.00. The van der Waals surface area contributed by atoms with Crippen LogP contribution in [-0.4, -0.2) is 75.6 Å². The number of sulfonamides is 1. The average molecular weight is 392 g/mol.